The minimum absolute atomic E-state index is 0.153. The fourth-order valence-electron chi connectivity index (χ4n) is 2.05. The van der Waals surface area contributed by atoms with Crippen LogP contribution in [0.4, 0.5) is 8.78 Å². The van der Waals surface area contributed by atoms with Gasteiger partial charge in [0.1, 0.15) is 0 Å². The summed E-state index contributed by atoms with van der Waals surface area (Å²) >= 11 is 0. The summed E-state index contributed by atoms with van der Waals surface area (Å²) in [4.78, 5) is 13.3. The Morgan fingerprint density at radius 3 is 2.50 bits per heavy atom. The van der Waals surface area contributed by atoms with Gasteiger partial charge in [-0.2, -0.15) is 0 Å². The van der Waals surface area contributed by atoms with Gasteiger partial charge in [0.15, 0.2) is 0 Å². The number of hydrogen-bond acceptors (Lipinski definition) is 2. The van der Waals surface area contributed by atoms with Gasteiger partial charge in [-0.15, -0.1) is 0 Å². The van der Waals surface area contributed by atoms with E-state index in [1.807, 2.05) is 0 Å². The smallest absolute Gasteiger partial charge is 0.262 e. The highest BCUT2D eigenvalue weighted by molar-refractivity contribution is 5.82. The number of alkyl halides is 2. The summed E-state index contributed by atoms with van der Waals surface area (Å²) in [6.45, 7) is 1.09. The van der Waals surface area contributed by atoms with E-state index in [9.17, 15) is 13.6 Å². The molecule has 1 amide bonds. The maximum absolute atomic E-state index is 12.8. The van der Waals surface area contributed by atoms with Crippen LogP contribution in [0.1, 0.15) is 19.3 Å². The molecule has 2 aliphatic heterocycles. The van der Waals surface area contributed by atoms with E-state index in [0.29, 0.717) is 0 Å². The first kappa shape index (κ1) is 9.83. The Labute approximate surface area is 81.4 Å². The number of amides is 1. The predicted molar refractivity (Wildman–Crippen MR) is 47.2 cm³/mol. The molecule has 0 aromatic heterocycles. The maximum atomic E-state index is 12.8. The van der Waals surface area contributed by atoms with Crippen LogP contribution in [-0.4, -0.2) is 42.4 Å². The van der Waals surface area contributed by atoms with Crippen molar-refractivity contribution in [2.45, 2.75) is 31.2 Å². The summed E-state index contributed by atoms with van der Waals surface area (Å²) in [7, 11) is 0. The molecule has 5 heteroatoms. The van der Waals surface area contributed by atoms with Crippen molar-refractivity contribution in [1.29, 1.82) is 0 Å². The second-order valence-corrected chi connectivity index (χ2v) is 4.03. The van der Waals surface area contributed by atoms with E-state index in [-0.39, 0.29) is 18.9 Å². The Hall–Kier alpha value is -0.710. The third-order valence-corrected chi connectivity index (χ3v) is 2.83. The average molecular weight is 204 g/mol. The fourth-order valence-corrected chi connectivity index (χ4v) is 2.05. The number of hydrogen-bond donors (Lipinski definition) is 1. The molecule has 2 saturated heterocycles. The van der Waals surface area contributed by atoms with Crippen LogP contribution in [0.15, 0.2) is 0 Å². The molecule has 0 radical (unpaired) electrons. The van der Waals surface area contributed by atoms with Crippen LogP contribution in [0, 0.1) is 0 Å². The Morgan fingerprint density at radius 2 is 2.00 bits per heavy atom. The summed E-state index contributed by atoms with van der Waals surface area (Å²) in [5.74, 6) is -2.86. The molecule has 0 aromatic carbocycles. The van der Waals surface area contributed by atoms with Gasteiger partial charge in [0, 0.05) is 19.5 Å². The zero-order valence-electron chi connectivity index (χ0n) is 7.93. The van der Waals surface area contributed by atoms with E-state index in [1.54, 1.807) is 4.90 Å². The fraction of sp³-hybridized carbons (Fsp3) is 0.889. The zero-order valence-corrected chi connectivity index (χ0v) is 7.93. The zero-order chi connectivity index (χ0) is 10.2. The van der Waals surface area contributed by atoms with Crippen LogP contribution >= 0.6 is 0 Å². The van der Waals surface area contributed by atoms with Gasteiger partial charge in [-0.1, -0.05) is 0 Å². The SMILES string of the molecule is O=C([C@@H]1CC(F)(F)CN1)N1CCCC1. The number of carbonyl (C=O) groups excluding carboxylic acids is 1. The van der Waals surface area contributed by atoms with Gasteiger partial charge >= 0.3 is 0 Å². The van der Waals surface area contributed by atoms with E-state index in [4.69, 9.17) is 0 Å². The Bertz CT molecular complexity index is 239. The molecule has 0 bridgehead atoms. The van der Waals surface area contributed by atoms with Crippen molar-refractivity contribution in [1.82, 2.24) is 10.2 Å². The topological polar surface area (TPSA) is 32.3 Å². The Morgan fingerprint density at radius 1 is 1.36 bits per heavy atom. The van der Waals surface area contributed by atoms with Crippen molar-refractivity contribution in [2.75, 3.05) is 19.6 Å². The number of nitrogens with zero attached hydrogens (tertiary/aromatic N) is 1. The lowest BCUT2D eigenvalue weighted by molar-refractivity contribution is -0.132. The number of carbonyl (C=O) groups is 1. The van der Waals surface area contributed by atoms with Crippen LogP contribution in [0.2, 0.25) is 0 Å². The second kappa shape index (κ2) is 3.46. The molecular weight excluding hydrogens is 190 g/mol. The van der Waals surface area contributed by atoms with Gasteiger partial charge in [-0.05, 0) is 12.8 Å². The van der Waals surface area contributed by atoms with Crippen molar-refractivity contribution in [3.63, 3.8) is 0 Å². The second-order valence-electron chi connectivity index (χ2n) is 4.03. The highest BCUT2D eigenvalue weighted by Gasteiger charge is 2.43. The summed E-state index contributed by atoms with van der Waals surface area (Å²) in [6.07, 6.45) is 1.64. The van der Waals surface area contributed by atoms with Gasteiger partial charge in [0.05, 0.1) is 12.6 Å². The molecule has 0 saturated carbocycles. The average Bonchev–Trinajstić information content (AvgIpc) is 2.72. The number of likely N-dealkylation sites (tertiary alicyclic amines) is 1. The first-order valence-electron chi connectivity index (χ1n) is 4.98. The van der Waals surface area contributed by atoms with Gasteiger partial charge in [0.2, 0.25) is 5.91 Å². The molecule has 2 rings (SSSR count). The maximum Gasteiger partial charge on any atom is 0.262 e. The molecule has 0 unspecified atom stereocenters. The van der Waals surface area contributed by atoms with Gasteiger partial charge in [-0.3, -0.25) is 10.1 Å². The van der Waals surface area contributed by atoms with Gasteiger partial charge < -0.3 is 4.90 Å². The number of halogens is 2. The largest absolute Gasteiger partial charge is 0.341 e. The van der Waals surface area contributed by atoms with E-state index in [1.165, 1.54) is 0 Å². The Kier molecular flexibility index (Phi) is 2.43. The van der Waals surface area contributed by atoms with Crippen LogP contribution in [0.5, 0.6) is 0 Å². The van der Waals surface area contributed by atoms with Crippen molar-refractivity contribution in [2.24, 2.45) is 0 Å². The monoisotopic (exact) mass is 204 g/mol. The van der Waals surface area contributed by atoms with Crippen LogP contribution in [0.25, 0.3) is 0 Å². The molecular formula is C9H14F2N2O. The Balaban J connectivity index is 1.92. The number of rotatable bonds is 1. The van der Waals surface area contributed by atoms with Crippen molar-refractivity contribution < 1.29 is 13.6 Å². The van der Waals surface area contributed by atoms with Gasteiger partial charge in [0.25, 0.3) is 5.92 Å². The van der Waals surface area contributed by atoms with E-state index in [2.05, 4.69) is 5.32 Å². The lowest BCUT2D eigenvalue weighted by Crippen LogP contribution is -2.42. The molecule has 1 N–H and O–H groups in total. The minimum Gasteiger partial charge on any atom is -0.341 e. The predicted octanol–water partition coefficient (Wildman–Crippen LogP) is 0.606. The normalized spacial score (nSPS) is 31.0. The van der Waals surface area contributed by atoms with E-state index < -0.39 is 12.0 Å². The lowest BCUT2D eigenvalue weighted by atomic mass is 10.2. The van der Waals surface area contributed by atoms with Crippen LogP contribution in [-0.2, 0) is 4.79 Å². The van der Waals surface area contributed by atoms with E-state index >= 15 is 0 Å². The molecule has 80 valence electrons. The molecule has 0 aliphatic carbocycles. The molecule has 1 atom stereocenters. The standard InChI is InChI=1S/C9H14F2N2O/c10-9(11)5-7(12-6-9)8(14)13-3-1-2-4-13/h7,12H,1-6H2/t7-/m0/s1. The molecule has 0 aromatic rings. The molecule has 2 fully saturated rings. The van der Waals surface area contributed by atoms with Crippen LogP contribution in [0.3, 0.4) is 0 Å². The summed E-state index contributed by atoms with van der Waals surface area (Å²) in [5.41, 5.74) is 0. The molecule has 2 heterocycles. The summed E-state index contributed by atoms with van der Waals surface area (Å²) in [6, 6.07) is -0.664. The first-order valence-corrected chi connectivity index (χ1v) is 4.98. The third kappa shape index (κ3) is 1.87. The lowest BCUT2D eigenvalue weighted by Gasteiger charge is -2.19. The molecule has 2 aliphatic rings. The quantitative estimate of drug-likeness (QED) is 0.678. The van der Waals surface area contributed by atoms with Crippen LogP contribution < -0.4 is 5.32 Å². The first-order chi connectivity index (χ1) is 6.58. The molecule has 14 heavy (non-hydrogen) atoms. The third-order valence-electron chi connectivity index (χ3n) is 2.83. The van der Waals surface area contributed by atoms with Crippen molar-refractivity contribution in [3.05, 3.63) is 0 Å². The minimum atomic E-state index is -2.71. The van der Waals surface area contributed by atoms with Crippen molar-refractivity contribution >= 4 is 5.91 Å². The van der Waals surface area contributed by atoms with Crippen molar-refractivity contribution in [3.8, 4) is 0 Å². The van der Waals surface area contributed by atoms with E-state index in [0.717, 1.165) is 25.9 Å². The highest BCUT2D eigenvalue weighted by Crippen LogP contribution is 2.26. The summed E-state index contributed by atoms with van der Waals surface area (Å²) in [5, 5.41) is 2.58. The molecule has 3 nitrogen and oxygen atoms in total. The van der Waals surface area contributed by atoms with Gasteiger partial charge in [-0.25, -0.2) is 8.78 Å². The molecule has 0 spiro atoms. The summed E-state index contributed by atoms with van der Waals surface area (Å²) < 4.78 is 25.6. The highest BCUT2D eigenvalue weighted by atomic mass is 19.3. The number of nitrogens with one attached hydrogen (secondary N) is 1.